The van der Waals surface area contributed by atoms with Crippen LogP contribution in [-0.4, -0.2) is 64.8 Å². The molecule has 1 fully saturated rings. The van der Waals surface area contributed by atoms with Gasteiger partial charge < -0.3 is 20.0 Å². The van der Waals surface area contributed by atoms with Gasteiger partial charge >= 0.3 is 12.0 Å². The Balaban J connectivity index is 2.64. The molecule has 2 amide bonds. The molecule has 0 saturated carbocycles. The average molecular weight is 272 g/mol. The highest BCUT2D eigenvalue weighted by Crippen LogP contribution is 2.18. The summed E-state index contributed by atoms with van der Waals surface area (Å²) in [6, 6.07) is -0.327. The van der Waals surface area contributed by atoms with E-state index in [2.05, 4.69) is 0 Å². The van der Waals surface area contributed by atoms with Crippen molar-refractivity contribution in [3.05, 3.63) is 0 Å². The summed E-state index contributed by atoms with van der Waals surface area (Å²) in [5, 5.41) is 18.3. The number of carbonyl (C=O) groups excluding carboxylic acids is 1. The van der Waals surface area contributed by atoms with E-state index in [4.69, 9.17) is 5.11 Å². The number of aliphatic carboxylic acids is 1. The number of hydrogen-bond acceptors (Lipinski definition) is 3. The number of carboxylic acids is 1. The largest absolute Gasteiger partial charge is 0.481 e. The van der Waals surface area contributed by atoms with Crippen molar-refractivity contribution < 1.29 is 19.8 Å². The summed E-state index contributed by atoms with van der Waals surface area (Å²) in [7, 11) is 1.61. The fraction of sp³-hybridized carbons (Fsp3) is 0.846. The Morgan fingerprint density at radius 2 is 2.05 bits per heavy atom. The average Bonchev–Trinajstić information content (AvgIpc) is 2.62. The van der Waals surface area contributed by atoms with E-state index in [1.54, 1.807) is 18.9 Å². The molecule has 6 heteroatoms. The van der Waals surface area contributed by atoms with Crippen LogP contribution < -0.4 is 0 Å². The van der Waals surface area contributed by atoms with Gasteiger partial charge in [0.1, 0.15) is 0 Å². The van der Waals surface area contributed by atoms with E-state index in [1.807, 2.05) is 0 Å². The number of rotatable bonds is 4. The standard InChI is InChI=1S/C13H24N2O4/c1-10(12(17)18)8-14(2)13(19)15-7-5-3-4-6-11(15)9-16/h10-11,16H,3-9H2,1-2H3,(H,17,18). The van der Waals surface area contributed by atoms with Gasteiger partial charge in [-0.15, -0.1) is 0 Å². The summed E-state index contributed by atoms with van der Waals surface area (Å²) in [5.41, 5.74) is 0. The SMILES string of the molecule is CC(CN(C)C(=O)N1CCCCCC1CO)C(=O)O. The predicted octanol–water partition coefficient (Wildman–Crippen LogP) is 0.996. The molecule has 1 aliphatic rings. The van der Waals surface area contributed by atoms with Crippen LogP contribution in [-0.2, 0) is 4.79 Å². The Hall–Kier alpha value is -1.30. The molecule has 0 aromatic carbocycles. The van der Waals surface area contributed by atoms with Gasteiger partial charge in [-0.05, 0) is 12.8 Å². The Labute approximate surface area is 114 Å². The number of carboxylic acid groups (broad SMARTS) is 1. The van der Waals surface area contributed by atoms with Crippen molar-refractivity contribution in [3.8, 4) is 0 Å². The first kappa shape index (κ1) is 15.8. The molecule has 2 atom stereocenters. The van der Waals surface area contributed by atoms with Crippen LogP contribution >= 0.6 is 0 Å². The molecule has 6 nitrogen and oxygen atoms in total. The number of aliphatic hydroxyl groups excluding tert-OH is 1. The summed E-state index contributed by atoms with van der Waals surface area (Å²) in [5.74, 6) is -1.50. The molecule has 0 radical (unpaired) electrons. The number of hydrogen-bond donors (Lipinski definition) is 2. The molecule has 19 heavy (non-hydrogen) atoms. The molecular formula is C13H24N2O4. The van der Waals surface area contributed by atoms with Crippen molar-refractivity contribution in [1.29, 1.82) is 0 Å². The zero-order chi connectivity index (χ0) is 14.4. The first-order valence-corrected chi connectivity index (χ1v) is 6.82. The van der Waals surface area contributed by atoms with Crippen LogP contribution in [0.5, 0.6) is 0 Å². The van der Waals surface area contributed by atoms with Gasteiger partial charge in [0.05, 0.1) is 18.6 Å². The number of urea groups is 1. The molecule has 0 bridgehead atoms. The van der Waals surface area contributed by atoms with Crippen molar-refractivity contribution in [2.75, 3.05) is 26.7 Å². The van der Waals surface area contributed by atoms with E-state index in [1.165, 1.54) is 4.90 Å². The van der Waals surface area contributed by atoms with E-state index in [9.17, 15) is 14.7 Å². The second kappa shape index (κ2) is 7.33. The molecule has 1 aliphatic heterocycles. The van der Waals surface area contributed by atoms with Crippen LogP contribution in [0.2, 0.25) is 0 Å². The van der Waals surface area contributed by atoms with Crippen molar-refractivity contribution in [2.45, 2.75) is 38.6 Å². The smallest absolute Gasteiger partial charge is 0.320 e. The van der Waals surface area contributed by atoms with E-state index in [0.717, 1.165) is 25.7 Å². The lowest BCUT2D eigenvalue weighted by Gasteiger charge is -2.33. The maximum atomic E-state index is 12.3. The van der Waals surface area contributed by atoms with Crippen LogP contribution in [0.25, 0.3) is 0 Å². The topological polar surface area (TPSA) is 81.1 Å². The minimum Gasteiger partial charge on any atom is -0.481 e. The summed E-state index contributed by atoms with van der Waals surface area (Å²) in [6.07, 6.45) is 3.83. The predicted molar refractivity (Wildman–Crippen MR) is 70.9 cm³/mol. The second-order valence-corrected chi connectivity index (χ2v) is 5.28. The number of aliphatic hydroxyl groups is 1. The van der Waals surface area contributed by atoms with Crippen molar-refractivity contribution in [3.63, 3.8) is 0 Å². The zero-order valence-corrected chi connectivity index (χ0v) is 11.7. The molecule has 2 unspecified atom stereocenters. The zero-order valence-electron chi connectivity index (χ0n) is 11.7. The van der Waals surface area contributed by atoms with E-state index < -0.39 is 11.9 Å². The molecule has 0 aromatic rings. The van der Waals surface area contributed by atoms with Crippen LogP contribution in [0, 0.1) is 5.92 Å². The number of carbonyl (C=O) groups is 2. The van der Waals surface area contributed by atoms with Gasteiger partial charge in [-0.25, -0.2) is 4.79 Å². The molecule has 0 aromatic heterocycles. The Morgan fingerprint density at radius 3 is 2.63 bits per heavy atom. The molecule has 110 valence electrons. The van der Waals surface area contributed by atoms with E-state index in [0.29, 0.717) is 6.54 Å². The van der Waals surface area contributed by atoms with Gasteiger partial charge in [-0.3, -0.25) is 4.79 Å². The van der Waals surface area contributed by atoms with Crippen LogP contribution in [0.15, 0.2) is 0 Å². The maximum absolute atomic E-state index is 12.3. The number of nitrogens with zero attached hydrogens (tertiary/aromatic N) is 2. The van der Waals surface area contributed by atoms with Gasteiger partial charge in [-0.2, -0.15) is 0 Å². The van der Waals surface area contributed by atoms with E-state index in [-0.39, 0.29) is 25.2 Å². The molecule has 1 rings (SSSR count). The third-order valence-corrected chi connectivity index (χ3v) is 3.63. The lowest BCUT2D eigenvalue weighted by Crippen LogP contribution is -2.49. The molecule has 0 aliphatic carbocycles. The Morgan fingerprint density at radius 1 is 1.37 bits per heavy atom. The summed E-state index contributed by atoms with van der Waals surface area (Å²) in [4.78, 5) is 26.3. The molecule has 0 spiro atoms. The second-order valence-electron chi connectivity index (χ2n) is 5.28. The minimum atomic E-state index is -0.908. The van der Waals surface area contributed by atoms with Crippen molar-refractivity contribution in [2.24, 2.45) is 5.92 Å². The number of likely N-dealkylation sites (tertiary alicyclic amines) is 1. The van der Waals surface area contributed by atoms with E-state index >= 15 is 0 Å². The summed E-state index contributed by atoms with van der Waals surface area (Å²) < 4.78 is 0. The molecule has 1 heterocycles. The van der Waals surface area contributed by atoms with Gasteiger partial charge in [0.25, 0.3) is 0 Å². The Kier molecular flexibility index (Phi) is 6.08. The Bertz CT molecular complexity index is 322. The summed E-state index contributed by atoms with van der Waals surface area (Å²) in [6.45, 7) is 2.37. The number of amides is 2. The fourth-order valence-electron chi connectivity index (χ4n) is 2.41. The summed E-state index contributed by atoms with van der Waals surface area (Å²) >= 11 is 0. The van der Waals surface area contributed by atoms with Crippen molar-refractivity contribution in [1.82, 2.24) is 9.80 Å². The highest BCUT2D eigenvalue weighted by molar-refractivity contribution is 5.76. The maximum Gasteiger partial charge on any atom is 0.320 e. The first-order chi connectivity index (χ1) is 8.97. The third kappa shape index (κ3) is 4.38. The lowest BCUT2D eigenvalue weighted by molar-refractivity contribution is -0.141. The lowest BCUT2D eigenvalue weighted by atomic mass is 10.1. The fourth-order valence-corrected chi connectivity index (χ4v) is 2.41. The van der Waals surface area contributed by atoms with Gasteiger partial charge in [0.15, 0.2) is 0 Å². The minimum absolute atomic E-state index is 0.0337. The van der Waals surface area contributed by atoms with Crippen LogP contribution in [0.1, 0.15) is 32.6 Å². The first-order valence-electron chi connectivity index (χ1n) is 6.82. The third-order valence-electron chi connectivity index (χ3n) is 3.63. The molecule has 2 N–H and O–H groups in total. The highest BCUT2D eigenvalue weighted by Gasteiger charge is 2.28. The quantitative estimate of drug-likeness (QED) is 0.800. The van der Waals surface area contributed by atoms with Crippen LogP contribution in [0.4, 0.5) is 4.79 Å². The highest BCUT2D eigenvalue weighted by atomic mass is 16.4. The van der Waals surface area contributed by atoms with Crippen LogP contribution in [0.3, 0.4) is 0 Å². The molecular weight excluding hydrogens is 248 g/mol. The van der Waals surface area contributed by atoms with Gasteiger partial charge in [-0.1, -0.05) is 19.8 Å². The van der Waals surface area contributed by atoms with Crippen molar-refractivity contribution >= 4 is 12.0 Å². The normalized spacial score (nSPS) is 21.6. The van der Waals surface area contributed by atoms with Gasteiger partial charge in [0, 0.05) is 20.1 Å². The monoisotopic (exact) mass is 272 g/mol. The molecule has 1 saturated heterocycles. The van der Waals surface area contributed by atoms with Gasteiger partial charge in [0.2, 0.25) is 0 Å².